The summed E-state index contributed by atoms with van der Waals surface area (Å²) in [6.07, 6.45) is 1.12. The Labute approximate surface area is 69.0 Å². The summed E-state index contributed by atoms with van der Waals surface area (Å²) in [5.74, 6) is 0. The van der Waals surface area contributed by atoms with Crippen molar-refractivity contribution in [3.8, 4) is 0 Å². The Balaban J connectivity index is 0.000000640. The topological polar surface area (TPSA) is 0 Å². The van der Waals surface area contributed by atoms with Crippen LogP contribution in [-0.2, 0) is 25.9 Å². The van der Waals surface area contributed by atoms with Gasteiger partial charge in [0.25, 0.3) is 0 Å². The van der Waals surface area contributed by atoms with Crippen molar-refractivity contribution >= 4 is 0 Å². The summed E-state index contributed by atoms with van der Waals surface area (Å²) in [5, 5.41) is 0. The van der Waals surface area contributed by atoms with E-state index in [1.807, 2.05) is 12.1 Å². The minimum absolute atomic E-state index is 0. The molecule has 0 heterocycles. The van der Waals surface area contributed by atoms with Crippen LogP contribution in [0.3, 0.4) is 0 Å². The van der Waals surface area contributed by atoms with Crippen molar-refractivity contribution < 1.29 is 19.5 Å². The monoisotopic (exact) mass is 208 g/mol. The van der Waals surface area contributed by atoms with Crippen molar-refractivity contribution in [1.82, 2.24) is 0 Å². The minimum Gasteiger partial charge on any atom is -0.184 e. The van der Waals surface area contributed by atoms with Gasteiger partial charge >= 0.3 is 0 Å². The maximum atomic E-state index is 2.97. The van der Waals surface area contributed by atoms with Crippen molar-refractivity contribution in [3.63, 3.8) is 0 Å². The number of hydrogen-bond donors (Lipinski definition) is 0. The van der Waals surface area contributed by atoms with Crippen molar-refractivity contribution in [2.45, 2.75) is 13.3 Å². The van der Waals surface area contributed by atoms with Crippen molar-refractivity contribution in [3.05, 3.63) is 35.9 Å². The first kappa shape index (κ1) is 8.84. The first-order valence-electron chi connectivity index (χ1n) is 2.88. The van der Waals surface area contributed by atoms with E-state index in [9.17, 15) is 0 Å². The van der Waals surface area contributed by atoms with Gasteiger partial charge in [0, 0.05) is 19.5 Å². The number of hydrogen-bond acceptors (Lipinski definition) is 0. The third kappa shape index (κ3) is 2.76. The SMILES string of the molecule is CCc1cc[c-]cc1.[Rh]. The zero-order valence-electron chi connectivity index (χ0n) is 5.35. The van der Waals surface area contributed by atoms with Crippen LogP contribution in [0.1, 0.15) is 12.5 Å². The summed E-state index contributed by atoms with van der Waals surface area (Å²) < 4.78 is 0. The van der Waals surface area contributed by atoms with Gasteiger partial charge in [-0.25, -0.2) is 0 Å². The van der Waals surface area contributed by atoms with E-state index in [1.54, 1.807) is 0 Å². The smallest absolute Gasteiger partial charge is 0 e. The van der Waals surface area contributed by atoms with Gasteiger partial charge in [0.1, 0.15) is 0 Å². The molecule has 1 radical (unpaired) electrons. The molecule has 0 fully saturated rings. The van der Waals surface area contributed by atoms with E-state index in [2.05, 4.69) is 25.1 Å². The Morgan fingerprint density at radius 2 is 1.89 bits per heavy atom. The quantitative estimate of drug-likeness (QED) is 0.489. The van der Waals surface area contributed by atoms with E-state index >= 15 is 0 Å². The molecule has 0 aliphatic rings. The summed E-state index contributed by atoms with van der Waals surface area (Å²) in [7, 11) is 0. The second kappa shape index (κ2) is 4.70. The van der Waals surface area contributed by atoms with Crippen LogP contribution in [0.15, 0.2) is 24.3 Å². The molecule has 0 aliphatic heterocycles. The fourth-order valence-corrected chi connectivity index (χ4v) is 0.657. The Hall–Kier alpha value is -0.157. The molecule has 9 heavy (non-hydrogen) atoms. The molecule has 1 aromatic carbocycles. The largest absolute Gasteiger partial charge is 0.184 e. The molecule has 51 valence electrons. The van der Waals surface area contributed by atoms with E-state index in [1.165, 1.54) is 5.56 Å². The summed E-state index contributed by atoms with van der Waals surface area (Å²) in [6, 6.07) is 11.0. The standard InChI is InChI=1S/C8H9.Rh/c1-2-8-6-4-3-5-7-8;/h4-7H,2H2,1H3;/q-1;. The Morgan fingerprint density at radius 1 is 1.33 bits per heavy atom. The molecule has 0 amide bonds. The Kier molecular flexibility index (Phi) is 4.62. The van der Waals surface area contributed by atoms with Gasteiger partial charge in [0.15, 0.2) is 0 Å². The molecule has 0 aliphatic carbocycles. The van der Waals surface area contributed by atoms with Gasteiger partial charge in [-0.1, -0.05) is 13.3 Å². The van der Waals surface area contributed by atoms with E-state index < -0.39 is 0 Å². The van der Waals surface area contributed by atoms with Crippen LogP contribution in [0, 0.1) is 6.07 Å². The number of rotatable bonds is 1. The van der Waals surface area contributed by atoms with Gasteiger partial charge in [-0.15, -0.1) is 0 Å². The fraction of sp³-hybridized carbons (Fsp3) is 0.250. The molecule has 0 nitrogen and oxygen atoms in total. The zero-order valence-corrected chi connectivity index (χ0v) is 6.99. The second-order valence-corrected chi connectivity index (χ2v) is 1.76. The van der Waals surface area contributed by atoms with Crippen LogP contribution in [0.25, 0.3) is 0 Å². The molecule has 0 unspecified atom stereocenters. The zero-order chi connectivity index (χ0) is 5.82. The van der Waals surface area contributed by atoms with Crippen LogP contribution < -0.4 is 0 Å². The molecule has 0 atom stereocenters. The van der Waals surface area contributed by atoms with Gasteiger partial charge in [0.2, 0.25) is 0 Å². The van der Waals surface area contributed by atoms with Crippen LogP contribution in [0.2, 0.25) is 0 Å². The van der Waals surface area contributed by atoms with Crippen LogP contribution >= 0.6 is 0 Å². The van der Waals surface area contributed by atoms with E-state index in [-0.39, 0.29) is 19.5 Å². The van der Waals surface area contributed by atoms with E-state index in [0.29, 0.717) is 0 Å². The molecule has 1 aromatic rings. The molecular weight excluding hydrogens is 199 g/mol. The Bertz CT molecular complexity index is 146. The molecule has 1 rings (SSSR count). The molecule has 1 heteroatoms. The van der Waals surface area contributed by atoms with Crippen molar-refractivity contribution in [2.75, 3.05) is 0 Å². The van der Waals surface area contributed by atoms with Gasteiger partial charge in [0.05, 0.1) is 0 Å². The summed E-state index contributed by atoms with van der Waals surface area (Å²) in [6.45, 7) is 2.15. The molecule has 0 saturated heterocycles. The maximum Gasteiger partial charge on any atom is 0 e. The van der Waals surface area contributed by atoms with Gasteiger partial charge in [-0.05, 0) is 0 Å². The normalized spacial score (nSPS) is 8.11. The number of benzene rings is 1. The summed E-state index contributed by atoms with van der Waals surface area (Å²) in [5.41, 5.74) is 1.38. The summed E-state index contributed by atoms with van der Waals surface area (Å²) >= 11 is 0. The fourth-order valence-electron chi connectivity index (χ4n) is 0.657. The average Bonchev–Trinajstić information content (AvgIpc) is 1.90. The molecule has 0 saturated carbocycles. The minimum atomic E-state index is 0. The first-order valence-corrected chi connectivity index (χ1v) is 2.88. The molecule has 0 bridgehead atoms. The third-order valence-electron chi connectivity index (χ3n) is 1.20. The van der Waals surface area contributed by atoms with E-state index in [4.69, 9.17) is 0 Å². The van der Waals surface area contributed by atoms with Gasteiger partial charge in [-0.2, -0.15) is 35.9 Å². The van der Waals surface area contributed by atoms with Gasteiger partial charge in [-0.3, -0.25) is 0 Å². The maximum absolute atomic E-state index is 2.97. The Morgan fingerprint density at radius 3 is 2.22 bits per heavy atom. The first-order chi connectivity index (χ1) is 3.93. The average molecular weight is 208 g/mol. The molecule has 0 N–H and O–H groups in total. The number of aryl methyl sites for hydroxylation is 1. The molecule has 0 aromatic heterocycles. The molecular formula is C8H9Rh-. The predicted molar refractivity (Wildman–Crippen MR) is 34.7 cm³/mol. The summed E-state index contributed by atoms with van der Waals surface area (Å²) in [4.78, 5) is 0. The van der Waals surface area contributed by atoms with E-state index in [0.717, 1.165) is 6.42 Å². The van der Waals surface area contributed by atoms with Crippen LogP contribution in [-0.4, -0.2) is 0 Å². The predicted octanol–water partition coefficient (Wildman–Crippen LogP) is 2.05. The van der Waals surface area contributed by atoms with Crippen LogP contribution in [0.4, 0.5) is 0 Å². The third-order valence-corrected chi connectivity index (χ3v) is 1.20. The van der Waals surface area contributed by atoms with Crippen molar-refractivity contribution in [1.29, 1.82) is 0 Å². The van der Waals surface area contributed by atoms with Crippen molar-refractivity contribution in [2.24, 2.45) is 0 Å². The second-order valence-electron chi connectivity index (χ2n) is 1.76. The van der Waals surface area contributed by atoms with Gasteiger partial charge < -0.3 is 0 Å². The molecule has 0 spiro atoms. The van der Waals surface area contributed by atoms with Crippen LogP contribution in [0.5, 0.6) is 0 Å².